The number of rotatable bonds is 11. The number of fused-ring (bicyclic) bond motifs is 1. The van der Waals surface area contributed by atoms with Gasteiger partial charge < -0.3 is 0 Å². The zero-order valence-corrected chi connectivity index (χ0v) is 20.5. The van der Waals surface area contributed by atoms with Crippen molar-refractivity contribution in [3.8, 4) is 6.07 Å². The number of nitriles is 1. The smallest absolute Gasteiger partial charge is 0.0689 e. The molecule has 4 atom stereocenters. The minimum atomic E-state index is 0.0385. The third-order valence-electron chi connectivity index (χ3n) is 9.60. The van der Waals surface area contributed by atoms with E-state index < -0.39 is 0 Å². The molecule has 1 nitrogen and oxygen atoms in total. The van der Waals surface area contributed by atoms with Crippen LogP contribution in [0.2, 0.25) is 0 Å². The minimum Gasteiger partial charge on any atom is -0.198 e. The van der Waals surface area contributed by atoms with E-state index in [1.807, 2.05) is 0 Å². The van der Waals surface area contributed by atoms with Crippen molar-refractivity contribution in [3.05, 3.63) is 0 Å². The molecule has 3 rings (SSSR count). The fourth-order valence-corrected chi connectivity index (χ4v) is 7.56. The average molecular weight is 414 g/mol. The van der Waals surface area contributed by atoms with Crippen molar-refractivity contribution in [2.45, 2.75) is 142 Å². The van der Waals surface area contributed by atoms with Crippen LogP contribution in [0.4, 0.5) is 0 Å². The van der Waals surface area contributed by atoms with E-state index >= 15 is 0 Å². The molecule has 30 heavy (non-hydrogen) atoms. The van der Waals surface area contributed by atoms with Crippen LogP contribution in [0.5, 0.6) is 0 Å². The van der Waals surface area contributed by atoms with Gasteiger partial charge in [-0.1, -0.05) is 84.5 Å². The molecule has 0 amide bonds. The Balaban J connectivity index is 1.40. The lowest BCUT2D eigenvalue weighted by Crippen LogP contribution is -2.38. The van der Waals surface area contributed by atoms with Gasteiger partial charge in [-0.15, -0.1) is 0 Å². The van der Waals surface area contributed by atoms with Gasteiger partial charge in [0.25, 0.3) is 0 Å². The van der Waals surface area contributed by atoms with Gasteiger partial charge in [0.2, 0.25) is 0 Å². The molecule has 172 valence electrons. The molecule has 0 saturated heterocycles. The topological polar surface area (TPSA) is 23.8 Å². The molecule has 3 saturated carbocycles. The Morgan fingerprint density at radius 2 is 1.33 bits per heavy atom. The van der Waals surface area contributed by atoms with E-state index in [2.05, 4.69) is 19.9 Å². The first kappa shape index (κ1) is 24.1. The summed E-state index contributed by atoms with van der Waals surface area (Å²) in [6, 6.07) is 2.84. The van der Waals surface area contributed by atoms with Crippen LogP contribution in [0.3, 0.4) is 0 Å². The summed E-state index contributed by atoms with van der Waals surface area (Å²) in [5.74, 6) is 4.93. The molecule has 0 aromatic heterocycles. The van der Waals surface area contributed by atoms with E-state index in [1.165, 1.54) is 128 Å². The van der Waals surface area contributed by atoms with Crippen molar-refractivity contribution in [1.29, 1.82) is 5.26 Å². The lowest BCUT2D eigenvalue weighted by Gasteiger charge is -2.47. The van der Waals surface area contributed by atoms with E-state index in [-0.39, 0.29) is 5.41 Å². The first-order chi connectivity index (χ1) is 14.7. The van der Waals surface area contributed by atoms with Crippen molar-refractivity contribution in [3.63, 3.8) is 0 Å². The van der Waals surface area contributed by atoms with E-state index in [1.54, 1.807) is 0 Å². The fraction of sp³-hybridized carbons (Fsp3) is 0.966. The minimum absolute atomic E-state index is 0.0385. The zero-order chi connectivity index (χ0) is 21.2. The van der Waals surface area contributed by atoms with E-state index in [0.717, 1.165) is 29.6 Å². The van der Waals surface area contributed by atoms with Crippen LogP contribution in [0, 0.1) is 46.3 Å². The van der Waals surface area contributed by atoms with Gasteiger partial charge in [-0.2, -0.15) is 5.26 Å². The Labute approximate surface area is 188 Å². The maximum Gasteiger partial charge on any atom is 0.0689 e. The van der Waals surface area contributed by atoms with Gasteiger partial charge in [0.05, 0.1) is 11.5 Å². The van der Waals surface area contributed by atoms with Crippen LogP contribution in [0.25, 0.3) is 0 Å². The number of hydrogen-bond donors (Lipinski definition) is 0. The second-order valence-corrected chi connectivity index (χ2v) is 11.7. The lowest BCUT2D eigenvalue weighted by molar-refractivity contribution is 0.0377. The average Bonchev–Trinajstić information content (AvgIpc) is 2.79. The largest absolute Gasteiger partial charge is 0.198 e. The van der Waals surface area contributed by atoms with Gasteiger partial charge in [0.15, 0.2) is 0 Å². The molecule has 1 heteroatoms. The second kappa shape index (κ2) is 12.5. The summed E-state index contributed by atoms with van der Waals surface area (Å²) in [5.41, 5.74) is 0.0385. The predicted molar refractivity (Wildman–Crippen MR) is 129 cm³/mol. The monoisotopic (exact) mass is 413 g/mol. The van der Waals surface area contributed by atoms with Crippen LogP contribution < -0.4 is 0 Å². The molecule has 0 aromatic carbocycles. The fourth-order valence-electron chi connectivity index (χ4n) is 7.56. The highest BCUT2D eigenvalue weighted by Crippen LogP contribution is 2.53. The Hall–Kier alpha value is -0.510. The summed E-state index contributed by atoms with van der Waals surface area (Å²) in [6.07, 6.45) is 28.0. The molecule has 0 heterocycles. The highest BCUT2D eigenvalue weighted by atomic mass is 14.5. The summed E-state index contributed by atoms with van der Waals surface area (Å²) >= 11 is 0. The van der Waals surface area contributed by atoms with Gasteiger partial charge in [0.1, 0.15) is 0 Å². The molecule has 0 aromatic rings. The molecule has 0 aliphatic heterocycles. The molecular formula is C29H51N. The van der Waals surface area contributed by atoms with E-state index in [4.69, 9.17) is 0 Å². The van der Waals surface area contributed by atoms with E-state index in [9.17, 15) is 5.26 Å². The summed E-state index contributed by atoms with van der Waals surface area (Å²) in [5, 5.41) is 10.0. The van der Waals surface area contributed by atoms with Crippen LogP contribution >= 0.6 is 0 Å². The van der Waals surface area contributed by atoms with Gasteiger partial charge in [0, 0.05) is 0 Å². The van der Waals surface area contributed by atoms with Crippen LogP contribution in [-0.2, 0) is 0 Å². The van der Waals surface area contributed by atoms with Crippen molar-refractivity contribution >= 4 is 0 Å². The normalized spacial score (nSPS) is 36.8. The Morgan fingerprint density at radius 1 is 0.700 bits per heavy atom. The van der Waals surface area contributed by atoms with Crippen molar-refractivity contribution in [1.82, 2.24) is 0 Å². The van der Waals surface area contributed by atoms with Crippen molar-refractivity contribution in [2.24, 2.45) is 35.0 Å². The SMILES string of the molecule is CCCCCCC[C@]1(C#N)CC[C@@H]2C[C@@H](C3CCC(CCCCC)CC3)CC[C@@H]2C1. The standard InChI is InChI=1S/C29H51N/c1-3-5-7-8-10-19-29(23-30)20-18-27-21-26(16-17-28(27)22-29)25-14-12-24(13-15-25)11-9-6-4-2/h24-28H,3-22H2,1-2H3/t24?,25?,26-,27+,28+,29-/m0/s1. The highest BCUT2D eigenvalue weighted by Gasteiger charge is 2.44. The quantitative estimate of drug-likeness (QED) is 0.309. The van der Waals surface area contributed by atoms with Crippen LogP contribution in [0.1, 0.15) is 142 Å². The van der Waals surface area contributed by atoms with Crippen LogP contribution in [0.15, 0.2) is 0 Å². The van der Waals surface area contributed by atoms with Crippen molar-refractivity contribution < 1.29 is 0 Å². The second-order valence-electron chi connectivity index (χ2n) is 11.7. The number of hydrogen-bond acceptors (Lipinski definition) is 1. The molecule has 0 radical (unpaired) electrons. The Bertz CT molecular complexity index is 511. The van der Waals surface area contributed by atoms with Gasteiger partial charge in [-0.25, -0.2) is 0 Å². The molecule has 0 bridgehead atoms. The molecule has 0 spiro atoms. The number of unbranched alkanes of at least 4 members (excludes halogenated alkanes) is 6. The van der Waals surface area contributed by atoms with Gasteiger partial charge in [-0.3, -0.25) is 0 Å². The summed E-state index contributed by atoms with van der Waals surface area (Å²) in [7, 11) is 0. The molecular weight excluding hydrogens is 362 g/mol. The maximum atomic E-state index is 10.0. The molecule has 3 aliphatic rings. The van der Waals surface area contributed by atoms with Crippen molar-refractivity contribution in [2.75, 3.05) is 0 Å². The maximum absolute atomic E-state index is 10.0. The zero-order valence-electron chi connectivity index (χ0n) is 20.5. The highest BCUT2D eigenvalue weighted by molar-refractivity contribution is 5.04. The third kappa shape index (κ3) is 6.74. The summed E-state index contributed by atoms with van der Waals surface area (Å²) < 4.78 is 0. The van der Waals surface area contributed by atoms with E-state index in [0.29, 0.717) is 0 Å². The lowest BCUT2D eigenvalue weighted by atomic mass is 9.57. The summed E-state index contributed by atoms with van der Waals surface area (Å²) in [6.45, 7) is 4.61. The Kier molecular flexibility index (Phi) is 10.1. The first-order valence-electron chi connectivity index (χ1n) is 14.1. The Morgan fingerprint density at radius 3 is 2.07 bits per heavy atom. The molecule has 3 fully saturated rings. The summed E-state index contributed by atoms with van der Waals surface area (Å²) in [4.78, 5) is 0. The molecule has 0 unspecified atom stereocenters. The van der Waals surface area contributed by atoms with Crippen LogP contribution in [-0.4, -0.2) is 0 Å². The first-order valence-corrected chi connectivity index (χ1v) is 14.1. The number of nitrogens with zero attached hydrogens (tertiary/aromatic N) is 1. The predicted octanol–water partition coefficient (Wildman–Crippen LogP) is 9.46. The third-order valence-corrected chi connectivity index (χ3v) is 9.60. The molecule has 0 N–H and O–H groups in total. The molecule has 3 aliphatic carbocycles. The van der Waals surface area contributed by atoms with Gasteiger partial charge >= 0.3 is 0 Å². The van der Waals surface area contributed by atoms with Gasteiger partial charge in [-0.05, 0) is 87.4 Å².